The standard InChI is InChI=1S/C22H23ClN4O2/c1-2-29-21-6-4-3-5-20(21)26-11-13-27(14-12-26)22(28)19-15-18(24-25-19)16-7-9-17(23)10-8-16/h3-10,15H,2,11-14H2,1H3,(H,24,25). The number of aromatic amines is 1. The minimum atomic E-state index is -0.0320. The molecule has 1 amide bonds. The van der Waals surface area contributed by atoms with Gasteiger partial charge in [-0.05, 0) is 37.3 Å². The minimum Gasteiger partial charge on any atom is -0.492 e. The zero-order chi connectivity index (χ0) is 20.2. The lowest BCUT2D eigenvalue weighted by atomic mass is 10.1. The van der Waals surface area contributed by atoms with Crippen LogP contribution in [0.15, 0.2) is 54.6 Å². The first-order chi connectivity index (χ1) is 14.2. The van der Waals surface area contributed by atoms with Gasteiger partial charge in [0.2, 0.25) is 0 Å². The summed E-state index contributed by atoms with van der Waals surface area (Å²) < 4.78 is 5.74. The summed E-state index contributed by atoms with van der Waals surface area (Å²) in [6.45, 7) is 5.42. The lowest BCUT2D eigenvalue weighted by molar-refractivity contribution is 0.0740. The van der Waals surface area contributed by atoms with E-state index in [2.05, 4.69) is 21.2 Å². The van der Waals surface area contributed by atoms with Crippen LogP contribution >= 0.6 is 11.6 Å². The Labute approximate surface area is 175 Å². The fourth-order valence-electron chi connectivity index (χ4n) is 3.52. The third kappa shape index (κ3) is 4.22. The first kappa shape index (κ1) is 19.3. The van der Waals surface area contributed by atoms with Crippen molar-refractivity contribution in [2.75, 3.05) is 37.7 Å². The molecule has 2 heterocycles. The van der Waals surface area contributed by atoms with Crippen molar-refractivity contribution in [1.29, 1.82) is 0 Å². The highest BCUT2D eigenvalue weighted by atomic mass is 35.5. The van der Waals surface area contributed by atoms with E-state index >= 15 is 0 Å². The number of halogens is 1. The van der Waals surface area contributed by atoms with Crippen molar-refractivity contribution in [2.45, 2.75) is 6.92 Å². The highest BCUT2D eigenvalue weighted by Gasteiger charge is 2.25. The van der Waals surface area contributed by atoms with Crippen molar-refractivity contribution < 1.29 is 9.53 Å². The summed E-state index contributed by atoms with van der Waals surface area (Å²) in [6.07, 6.45) is 0. The Morgan fingerprint density at radius 2 is 1.83 bits per heavy atom. The molecule has 0 aliphatic carbocycles. The molecule has 7 heteroatoms. The van der Waals surface area contributed by atoms with Crippen LogP contribution in [-0.2, 0) is 0 Å². The normalized spacial score (nSPS) is 14.1. The van der Waals surface area contributed by atoms with Gasteiger partial charge in [-0.15, -0.1) is 0 Å². The Morgan fingerprint density at radius 1 is 1.10 bits per heavy atom. The van der Waals surface area contributed by atoms with Gasteiger partial charge in [0, 0.05) is 36.8 Å². The molecular weight excluding hydrogens is 388 g/mol. The number of ether oxygens (including phenoxy) is 1. The fourth-order valence-corrected chi connectivity index (χ4v) is 3.64. The first-order valence-electron chi connectivity index (χ1n) is 9.73. The predicted octanol–water partition coefficient (Wildman–Crippen LogP) is 4.09. The van der Waals surface area contributed by atoms with Gasteiger partial charge in [0.05, 0.1) is 18.0 Å². The number of nitrogens with one attached hydrogen (secondary N) is 1. The molecule has 1 fully saturated rings. The topological polar surface area (TPSA) is 61.5 Å². The van der Waals surface area contributed by atoms with E-state index in [1.54, 1.807) is 6.07 Å². The second-order valence-corrected chi connectivity index (χ2v) is 7.29. The van der Waals surface area contributed by atoms with Crippen molar-refractivity contribution >= 4 is 23.2 Å². The summed E-state index contributed by atoms with van der Waals surface area (Å²) in [4.78, 5) is 17.0. The monoisotopic (exact) mass is 410 g/mol. The van der Waals surface area contributed by atoms with Gasteiger partial charge in [-0.25, -0.2) is 0 Å². The number of aromatic nitrogens is 2. The van der Waals surface area contributed by atoms with Gasteiger partial charge in [-0.2, -0.15) is 5.10 Å². The van der Waals surface area contributed by atoms with Gasteiger partial charge >= 0.3 is 0 Å². The number of anilines is 1. The average Bonchev–Trinajstić information content (AvgIpc) is 3.25. The number of nitrogens with zero attached hydrogens (tertiary/aromatic N) is 3. The second kappa shape index (κ2) is 8.57. The predicted molar refractivity (Wildman–Crippen MR) is 115 cm³/mol. The van der Waals surface area contributed by atoms with Crippen molar-refractivity contribution in [3.8, 4) is 17.0 Å². The number of carbonyl (C=O) groups is 1. The third-order valence-electron chi connectivity index (χ3n) is 5.02. The smallest absolute Gasteiger partial charge is 0.272 e. The van der Waals surface area contributed by atoms with Crippen LogP contribution in [0.2, 0.25) is 5.02 Å². The molecule has 1 aromatic heterocycles. The average molecular weight is 411 g/mol. The quantitative estimate of drug-likeness (QED) is 0.688. The Morgan fingerprint density at radius 3 is 2.55 bits per heavy atom. The zero-order valence-corrected chi connectivity index (χ0v) is 17.0. The number of rotatable bonds is 5. The number of hydrogen-bond donors (Lipinski definition) is 1. The van der Waals surface area contributed by atoms with E-state index in [1.165, 1.54) is 0 Å². The Balaban J connectivity index is 1.41. The van der Waals surface area contributed by atoms with E-state index < -0.39 is 0 Å². The van der Waals surface area contributed by atoms with Crippen molar-refractivity contribution in [2.24, 2.45) is 0 Å². The molecule has 0 atom stereocenters. The molecule has 0 unspecified atom stereocenters. The number of para-hydroxylation sites is 2. The van der Waals surface area contributed by atoms with Crippen LogP contribution in [0.1, 0.15) is 17.4 Å². The summed E-state index contributed by atoms with van der Waals surface area (Å²) in [5.41, 5.74) is 3.22. The molecule has 0 spiro atoms. The molecule has 1 saturated heterocycles. The van der Waals surface area contributed by atoms with Gasteiger partial charge in [0.25, 0.3) is 5.91 Å². The molecular formula is C22H23ClN4O2. The molecule has 1 N–H and O–H groups in total. The number of benzene rings is 2. The lowest BCUT2D eigenvalue weighted by Crippen LogP contribution is -2.49. The van der Waals surface area contributed by atoms with E-state index in [0.717, 1.165) is 35.8 Å². The van der Waals surface area contributed by atoms with Crippen molar-refractivity contribution in [1.82, 2.24) is 15.1 Å². The first-order valence-corrected chi connectivity index (χ1v) is 10.1. The molecule has 150 valence electrons. The maximum Gasteiger partial charge on any atom is 0.272 e. The maximum absolute atomic E-state index is 12.9. The summed E-state index contributed by atoms with van der Waals surface area (Å²) in [5.74, 6) is 0.853. The largest absolute Gasteiger partial charge is 0.492 e. The van der Waals surface area contributed by atoms with Crippen molar-refractivity contribution in [3.05, 3.63) is 65.3 Å². The van der Waals surface area contributed by atoms with Crippen LogP contribution in [0.4, 0.5) is 5.69 Å². The van der Waals surface area contributed by atoms with Crippen LogP contribution in [0.5, 0.6) is 5.75 Å². The zero-order valence-electron chi connectivity index (χ0n) is 16.3. The van der Waals surface area contributed by atoms with E-state index in [0.29, 0.717) is 30.4 Å². The van der Waals surface area contributed by atoms with Gasteiger partial charge in [0.1, 0.15) is 11.4 Å². The third-order valence-corrected chi connectivity index (χ3v) is 5.27. The lowest BCUT2D eigenvalue weighted by Gasteiger charge is -2.36. The van der Waals surface area contributed by atoms with Crippen LogP contribution < -0.4 is 9.64 Å². The molecule has 3 aromatic rings. The Kier molecular flexibility index (Phi) is 5.71. The number of H-pyrrole nitrogens is 1. The van der Waals surface area contributed by atoms with Crippen molar-refractivity contribution in [3.63, 3.8) is 0 Å². The van der Waals surface area contributed by atoms with Crippen LogP contribution in [0, 0.1) is 0 Å². The maximum atomic E-state index is 12.9. The van der Waals surface area contributed by atoms with E-state index in [1.807, 2.05) is 54.3 Å². The van der Waals surface area contributed by atoms with Gasteiger partial charge in [-0.1, -0.05) is 35.9 Å². The Bertz CT molecular complexity index is 978. The number of hydrogen-bond acceptors (Lipinski definition) is 4. The summed E-state index contributed by atoms with van der Waals surface area (Å²) >= 11 is 5.94. The molecule has 1 aliphatic heterocycles. The summed E-state index contributed by atoms with van der Waals surface area (Å²) in [6, 6.07) is 17.2. The molecule has 1 aliphatic rings. The molecule has 0 radical (unpaired) electrons. The molecule has 0 saturated carbocycles. The highest BCUT2D eigenvalue weighted by Crippen LogP contribution is 2.29. The second-order valence-electron chi connectivity index (χ2n) is 6.85. The molecule has 4 rings (SSSR count). The van der Waals surface area contributed by atoms with Crippen LogP contribution in [0.3, 0.4) is 0 Å². The van der Waals surface area contributed by atoms with E-state index in [-0.39, 0.29) is 5.91 Å². The van der Waals surface area contributed by atoms with Gasteiger partial charge < -0.3 is 14.5 Å². The molecule has 6 nitrogen and oxygen atoms in total. The SMILES string of the molecule is CCOc1ccccc1N1CCN(C(=O)c2cc(-c3ccc(Cl)cc3)n[nH]2)CC1. The summed E-state index contributed by atoms with van der Waals surface area (Å²) in [5, 5.41) is 7.83. The van der Waals surface area contributed by atoms with Crippen LogP contribution in [0.25, 0.3) is 11.3 Å². The highest BCUT2D eigenvalue weighted by molar-refractivity contribution is 6.30. The van der Waals surface area contributed by atoms with E-state index in [9.17, 15) is 4.79 Å². The molecule has 29 heavy (non-hydrogen) atoms. The molecule has 2 aromatic carbocycles. The Hall–Kier alpha value is -2.99. The number of carbonyl (C=O) groups excluding carboxylic acids is 1. The summed E-state index contributed by atoms with van der Waals surface area (Å²) in [7, 11) is 0. The van der Waals surface area contributed by atoms with Gasteiger partial charge in [0.15, 0.2) is 0 Å². The number of amides is 1. The van der Waals surface area contributed by atoms with Gasteiger partial charge in [-0.3, -0.25) is 9.89 Å². The minimum absolute atomic E-state index is 0.0320. The van der Waals surface area contributed by atoms with E-state index in [4.69, 9.17) is 16.3 Å². The molecule has 0 bridgehead atoms. The fraction of sp³-hybridized carbons (Fsp3) is 0.273. The number of piperazine rings is 1. The van der Waals surface area contributed by atoms with Crippen LogP contribution in [-0.4, -0.2) is 53.8 Å².